The molecule has 3 aromatic rings. The first kappa shape index (κ1) is 22.3. The monoisotopic (exact) mass is 446 g/mol. The van der Waals surface area contributed by atoms with Crippen LogP contribution in [0.4, 0.5) is 0 Å². The molecule has 1 aromatic carbocycles. The second-order valence-electron chi connectivity index (χ2n) is 7.89. The van der Waals surface area contributed by atoms with Crippen LogP contribution in [0.1, 0.15) is 53.9 Å². The Morgan fingerprint density at radius 1 is 1.15 bits per heavy atom. The molecule has 0 bridgehead atoms. The van der Waals surface area contributed by atoms with Crippen molar-refractivity contribution in [2.75, 3.05) is 6.61 Å². The Balaban J connectivity index is 1.70. The summed E-state index contributed by atoms with van der Waals surface area (Å²) in [6.07, 6.45) is 7.78. The number of nitrogens with zero attached hydrogens (tertiary/aromatic N) is 2. The Morgan fingerprint density at radius 3 is 2.70 bits per heavy atom. The Hall–Kier alpha value is -3.87. The molecule has 33 heavy (non-hydrogen) atoms. The Morgan fingerprint density at radius 2 is 1.97 bits per heavy atom. The second-order valence-corrected chi connectivity index (χ2v) is 7.89. The van der Waals surface area contributed by atoms with E-state index in [0.717, 1.165) is 24.8 Å². The number of benzene rings is 1. The minimum Gasteiger partial charge on any atom is -0.503 e. The molecule has 1 amide bonds. The largest absolute Gasteiger partial charge is 0.503 e. The standard InChI is InChI=1S/C26H26N2O5/c1-2-3-4-14-32-20-8-5-7-19(16-20)23-22(24(29)21-9-6-15-33-21)25(30)26(31)28(23)17-18-10-12-27-13-11-18/h5-13,15-16,23,30H,2-4,14,17H2,1H3. The lowest BCUT2D eigenvalue weighted by Gasteiger charge is -2.27. The molecule has 170 valence electrons. The molecule has 1 aliphatic rings. The molecule has 3 heterocycles. The van der Waals surface area contributed by atoms with E-state index in [1.165, 1.54) is 17.2 Å². The molecule has 1 N–H and O–H groups in total. The van der Waals surface area contributed by atoms with Gasteiger partial charge < -0.3 is 19.2 Å². The lowest BCUT2D eigenvalue weighted by atomic mass is 9.94. The number of rotatable bonds is 10. The first-order valence-corrected chi connectivity index (χ1v) is 11.0. The number of aromatic nitrogens is 1. The summed E-state index contributed by atoms with van der Waals surface area (Å²) < 4.78 is 11.2. The molecular formula is C26H26N2O5. The number of aliphatic hydroxyl groups is 1. The normalized spacial score (nSPS) is 15.8. The van der Waals surface area contributed by atoms with E-state index in [1.54, 1.807) is 30.6 Å². The number of Topliss-reactive ketones (excluding diaryl/α,β-unsaturated/α-hetero) is 1. The van der Waals surface area contributed by atoms with Gasteiger partial charge in [0.15, 0.2) is 11.5 Å². The summed E-state index contributed by atoms with van der Waals surface area (Å²) in [4.78, 5) is 31.8. The van der Waals surface area contributed by atoms with E-state index in [-0.39, 0.29) is 17.9 Å². The van der Waals surface area contributed by atoms with E-state index in [0.29, 0.717) is 17.9 Å². The van der Waals surface area contributed by atoms with Crippen molar-refractivity contribution in [1.29, 1.82) is 0 Å². The summed E-state index contributed by atoms with van der Waals surface area (Å²) in [5.74, 6) is -0.990. The van der Waals surface area contributed by atoms with E-state index in [9.17, 15) is 14.7 Å². The van der Waals surface area contributed by atoms with E-state index in [2.05, 4.69) is 11.9 Å². The molecule has 7 nitrogen and oxygen atoms in total. The number of amides is 1. The van der Waals surface area contributed by atoms with Gasteiger partial charge in [-0.3, -0.25) is 14.6 Å². The summed E-state index contributed by atoms with van der Waals surface area (Å²) in [5.41, 5.74) is 1.49. The van der Waals surface area contributed by atoms with Crippen LogP contribution < -0.4 is 4.74 Å². The Bertz CT molecular complexity index is 1140. The number of furan rings is 1. The minimum absolute atomic E-state index is 0.00728. The molecule has 0 saturated heterocycles. The molecule has 0 fully saturated rings. The van der Waals surface area contributed by atoms with Gasteiger partial charge in [-0.25, -0.2) is 0 Å². The molecule has 4 rings (SSSR count). The van der Waals surface area contributed by atoms with Gasteiger partial charge in [0.2, 0.25) is 5.78 Å². The first-order valence-electron chi connectivity index (χ1n) is 11.0. The van der Waals surface area contributed by atoms with Crippen molar-refractivity contribution in [2.45, 2.75) is 38.8 Å². The number of pyridine rings is 1. The van der Waals surface area contributed by atoms with Crippen LogP contribution in [0.2, 0.25) is 0 Å². The van der Waals surface area contributed by atoms with Crippen LogP contribution in [0, 0.1) is 0 Å². The zero-order chi connectivity index (χ0) is 23.2. The summed E-state index contributed by atoms with van der Waals surface area (Å²) in [6, 6.07) is 13.2. The molecule has 7 heteroatoms. The predicted octanol–water partition coefficient (Wildman–Crippen LogP) is 5.02. The fraction of sp³-hybridized carbons (Fsp3) is 0.269. The van der Waals surface area contributed by atoms with E-state index < -0.39 is 23.5 Å². The highest BCUT2D eigenvalue weighted by Crippen LogP contribution is 2.40. The summed E-state index contributed by atoms with van der Waals surface area (Å²) in [7, 11) is 0. The highest BCUT2D eigenvalue weighted by atomic mass is 16.5. The van der Waals surface area contributed by atoms with Gasteiger partial charge in [-0.15, -0.1) is 0 Å². The van der Waals surface area contributed by atoms with Crippen LogP contribution in [-0.4, -0.2) is 33.3 Å². The van der Waals surface area contributed by atoms with Gasteiger partial charge in [0.25, 0.3) is 5.91 Å². The number of unbranched alkanes of at least 4 members (excludes halogenated alkanes) is 2. The summed E-state index contributed by atoms with van der Waals surface area (Å²) >= 11 is 0. The van der Waals surface area contributed by atoms with E-state index >= 15 is 0 Å². The molecule has 1 unspecified atom stereocenters. The van der Waals surface area contributed by atoms with Crippen molar-refractivity contribution in [3.8, 4) is 5.75 Å². The fourth-order valence-corrected chi connectivity index (χ4v) is 3.94. The Labute approximate surface area is 192 Å². The number of aliphatic hydroxyl groups excluding tert-OH is 1. The molecule has 0 aliphatic carbocycles. The van der Waals surface area contributed by atoms with Gasteiger partial charge in [0, 0.05) is 18.9 Å². The van der Waals surface area contributed by atoms with E-state index in [1.807, 2.05) is 24.3 Å². The van der Waals surface area contributed by atoms with Crippen molar-refractivity contribution >= 4 is 11.7 Å². The zero-order valence-electron chi connectivity index (χ0n) is 18.4. The van der Waals surface area contributed by atoms with Crippen molar-refractivity contribution in [2.24, 2.45) is 0 Å². The van der Waals surface area contributed by atoms with Crippen LogP contribution in [0.5, 0.6) is 5.75 Å². The fourth-order valence-electron chi connectivity index (χ4n) is 3.94. The average molecular weight is 447 g/mol. The van der Waals surface area contributed by atoms with E-state index in [4.69, 9.17) is 9.15 Å². The van der Waals surface area contributed by atoms with Gasteiger partial charge in [-0.2, -0.15) is 0 Å². The van der Waals surface area contributed by atoms with Crippen molar-refractivity contribution in [3.05, 3.63) is 95.4 Å². The summed E-state index contributed by atoms with van der Waals surface area (Å²) in [6.45, 7) is 2.92. The van der Waals surface area contributed by atoms with Gasteiger partial charge >= 0.3 is 0 Å². The maximum Gasteiger partial charge on any atom is 0.290 e. The third kappa shape index (κ3) is 4.82. The predicted molar refractivity (Wildman–Crippen MR) is 122 cm³/mol. The van der Waals surface area contributed by atoms with Gasteiger partial charge in [-0.1, -0.05) is 31.9 Å². The number of carbonyl (C=O) groups excluding carboxylic acids is 2. The topological polar surface area (TPSA) is 92.9 Å². The average Bonchev–Trinajstić information content (AvgIpc) is 3.46. The number of hydrogen-bond donors (Lipinski definition) is 1. The van der Waals surface area contributed by atoms with Gasteiger partial charge in [-0.05, 0) is 53.9 Å². The molecule has 1 aliphatic heterocycles. The lowest BCUT2D eigenvalue weighted by molar-refractivity contribution is -0.130. The summed E-state index contributed by atoms with van der Waals surface area (Å²) in [5, 5.41) is 10.8. The van der Waals surface area contributed by atoms with Gasteiger partial charge in [0.05, 0.1) is 24.5 Å². The quantitative estimate of drug-likeness (QED) is 0.347. The molecule has 0 spiro atoms. The number of hydrogen-bond acceptors (Lipinski definition) is 6. The van der Waals surface area contributed by atoms with Crippen molar-refractivity contribution in [1.82, 2.24) is 9.88 Å². The first-order chi connectivity index (χ1) is 16.1. The number of ketones is 1. The third-order valence-corrected chi connectivity index (χ3v) is 5.59. The molecule has 1 atom stereocenters. The highest BCUT2D eigenvalue weighted by Gasteiger charge is 2.44. The maximum absolute atomic E-state index is 13.2. The molecule has 0 radical (unpaired) electrons. The molecule has 2 aromatic heterocycles. The van der Waals surface area contributed by atoms with Crippen LogP contribution in [0.15, 0.2) is 82.9 Å². The van der Waals surface area contributed by atoms with Crippen molar-refractivity contribution < 1.29 is 23.8 Å². The highest BCUT2D eigenvalue weighted by molar-refractivity contribution is 6.15. The van der Waals surface area contributed by atoms with Gasteiger partial charge in [0.1, 0.15) is 5.75 Å². The molecule has 0 saturated carbocycles. The van der Waals surface area contributed by atoms with Crippen LogP contribution in [0.3, 0.4) is 0 Å². The Kier molecular flexibility index (Phi) is 6.88. The second kappa shape index (κ2) is 10.2. The smallest absolute Gasteiger partial charge is 0.290 e. The van der Waals surface area contributed by atoms with Crippen LogP contribution in [0.25, 0.3) is 0 Å². The SMILES string of the molecule is CCCCCOc1cccc(C2C(C(=O)c3ccco3)=C(O)C(=O)N2Cc2ccncc2)c1. The van der Waals surface area contributed by atoms with Crippen LogP contribution >= 0.6 is 0 Å². The van der Waals surface area contributed by atoms with Crippen molar-refractivity contribution in [3.63, 3.8) is 0 Å². The molecular weight excluding hydrogens is 420 g/mol. The van der Waals surface area contributed by atoms with Crippen LogP contribution in [-0.2, 0) is 11.3 Å². The third-order valence-electron chi connectivity index (χ3n) is 5.59. The zero-order valence-corrected chi connectivity index (χ0v) is 18.4. The number of carbonyl (C=O) groups is 2. The maximum atomic E-state index is 13.2. The minimum atomic E-state index is -0.789. The lowest BCUT2D eigenvalue weighted by Crippen LogP contribution is -2.30. The number of ether oxygens (including phenoxy) is 1.